The Balaban J connectivity index is 1.49. The van der Waals surface area contributed by atoms with Crippen molar-refractivity contribution in [3.8, 4) is 0 Å². The predicted molar refractivity (Wildman–Crippen MR) is 103 cm³/mol. The summed E-state index contributed by atoms with van der Waals surface area (Å²) in [6, 6.07) is 18.1. The molecular weight excluding hydrogens is 356 g/mol. The lowest BCUT2D eigenvalue weighted by atomic mass is 9.92. The zero-order valence-electron chi connectivity index (χ0n) is 15.5. The second kappa shape index (κ2) is 6.92. The van der Waals surface area contributed by atoms with Crippen molar-refractivity contribution in [2.75, 3.05) is 13.1 Å². The molecule has 2 aliphatic heterocycles. The minimum Gasteiger partial charge on any atom is -0.319 e. The number of nitrogens with zero attached hydrogens (tertiary/aromatic N) is 3. The first-order chi connectivity index (χ1) is 13.5. The van der Waals surface area contributed by atoms with E-state index in [2.05, 4.69) is 10.4 Å². The highest BCUT2D eigenvalue weighted by Gasteiger charge is 2.49. The molecule has 28 heavy (non-hydrogen) atoms. The second-order valence-electron chi connectivity index (χ2n) is 6.99. The van der Waals surface area contributed by atoms with E-state index in [1.54, 1.807) is 31.2 Å². The van der Waals surface area contributed by atoms with Crippen LogP contribution in [0.3, 0.4) is 0 Å². The fraction of sp³-hybridized carbons (Fsp3) is 0.238. The maximum atomic E-state index is 12.9. The fourth-order valence-corrected chi connectivity index (χ4v) is 3.50. The maximum Gasteiger partial charge on any atom is 0.325 e. The van der Waals surface area contributed by atoms with Gasteiger partial charge >= 0.3 is 6.03 Å². The predicted octanol–water partition coefficient (Wildman–Crippen LogP) is 2.09. The van der Waals surface area contributed by atoms with Gasteiger partial charge in [-0.15, -0.1) is 0 Å². The molecule has 1 N–H and O–H groups in total. The van der Waals surface area contributed by atoms with E-state index in [4.69, 9.17) is 0 Å². The molecule has 0 aliphatic carbocycles. The molecule has 0 saturated carbocycles. The van der Waals surface area contributed by atoms with Crippen LogP contribution >= 0.6 is 0 Å². The van der Waals surface area contributed by atoms with Crippen molar-refractivity contribution in [3.05, 3.63) is 71.8 Å². The summed E-state index contributed by atoms with van der Waals surface area (Å²) < 4.78 is 0. The van der Waals surface area contributed by atoms with Gasteiger partial charge in [0.1, 0.15) is 12.1 Å². The summed E-state index contributed by atoms with van der Waals surface area (Å²) in [7, 11) is 0. The van der Waals surface area contributed by atoms with Crippen LogP contribution in [0.25, 0.3) is 0 Å². The summed E-state index contributed by atoms with van der Waals surface area (Å²) in [5.41, 5.74) is 1.28. The fourth-order valence-electron chi connectivity index (χ4n) is 3.50. The SMILES string of the molecule is CC1(c2ccccc2)NC(=O)N(CC(=O)N2CCC(c3ccccc3)=N2)C1=O. The minimum absolute atomic E-state index is 0.335. The number of carbonyl (C=O) groups is 3. The van der Waals surface area contributed by atoms with Crippen LogP contribution in [0, 0.1) is 0 Å². The van der Waals surface area contributed by atoms with Crippen molar-refractivity contribution < 1.29 is 14.4 Å². The third kappa shape index (κ3) is 3.05. The van der Waals surface area contributed by atoms with E-state index in [0.29, 0.717) is 18.5 Å². The monoisotopic (exact) mass is 376 g/mol. The molecule has 0 aromatic heterocycles. The van der Waals surface area contributed by atoms with E-state index in [0.717, 1.165) is 16.2 Å². The number of benzene rings is 2. The quantitative estimate of drug-likeness (QED) is 0.830. The zero-order valence-corrected chi connectivity index (χ0v) is 15.5. The molecule has 2 aromatic carbocycles. The van der Waals surface area contributed by atoms with Gasteiger partial charge in [-0.05, 0) is 18.1 Å². The second-order valence-corrected chi connectivity index (χ2v) is 6.99. The van der Waals surface area contributed by atoms with Crippen molar-refractivity contribution >= 4 is 23.6 Å². The summed E-state index contributed by atoms with van der Waals surface area (Å²) in [6.07, 6.45) is 0.637. The third-order valence-corrected chi connectivity index (χ3v) is 5.12. The highest BCUT2D eigenvalue weighted by atomic mass is 16.2. The number of amides is 4. The molecule has 4 amide bonds. The molecule has 4 rings (SSSR count). The van der Waals surface area contributed by atoms with Crippen LogP contribution in [0.1, 0.15) is 24.5 Å². The van der Waals surface area contributed by atoms with Gasteiger partial charge in [-0.1, -0.05) is 60.7 Å². The van der Waals surface area contributed by atoms with E-state index >= 15 is 0 Å². The lowest BCUT2D eigenvalue weighted by Crippen LogP contribution is -2.43. The average Bonchev–Trinajstić information content (AvgIpc) is 3.30. The zero-order chi connectivity index (χ0) is 19.7. The highest BCUT2D eigenvalue weighted by molar-refractivity contribution is 6.09. The van der Waals surface area contributed by atoms with E-state index in [9.17, 15) is 14.4 Å². The van der Waals surface area contributed by atoms with E-state index in [1.165, 1.54) is 5.01 Å². The van der Waals surface area contributed by atoms with Crippen molar-refractivity contribution in [3.63, 3.8) is 0 Å². The number of imide groups is 1. The number of hydrogen-bond donors (Lipinski definition) is 1. The molecule has 7 heteroatoms. The van der Waals surface area contributed by atoms with Gasteiger partial charge in [0.05, 0.1) is 12.3 Å². The Morgan fingerprint density at radius 1 is 1.07 bits per heavy atom. The van der Waals surface area contributed by atoms with Gasteiger partial charge in [0.2, 0.25) is 0 Å². The van der Waals surface area contributed by atoms with E-state index < -0.39 is 17.5 Å². The summed E-state index contributed by atoms with van der Waals surface area (Å²) >= 11 is 0. The molecule has 1 atom stereocenters. The van der Waals surface area contributed by atoms with Gasteiger partial charge in [-0.3, -0.25) is 14.5 Å². The minimum atomic E-state index is -1.18. The van der Waals surface area contributed by atoms with Crippen LogP contribution < -0.4 is 5.32 Å². The van der Waals surface area contributed by atoms with Gasteiger partial charge in [-0.2, -0.15) is 5.10 Å². The molecular formula is C21H20N4O3. The molecule has 2 aliphatic rings. The first kappa shape index (κ1) is 17.9. The first-order valence-corrected chi connectivity index (χ1v) is 9.12. The molecule has 0 spiro atoms. The van der Waals surface area contributed by atoms with Gasteiger partial charge in [-0.25, -0.2) is 9.80 Å². The van der Waals surface area contributed by atoms with E-state index in [1.807, 2.05) is 36.4 Å². The van der Waals surface area contributed by atoms with Crippen molar-refractivity contribution in [2.45, 2.75) is 18.9 Å². The number of nitrogens with one attached hydrogen (secondary N) is 1. The van der Waals surface area contributed by atoms with Crippen LogP contribution in [-0.2, 0) is 15.1 Å². The van der Waals surface area contributed by atoms with Gasteiger partial charge < -0.3 is 5.32 Å². The van der Waals surface area contributed by atoms with Crippen LogP contribution in [0.2, 0.25) is 0 Å². The normalized spacial score (nSPS) is 21.7. The molecule has 0 radical (unpaired) electrons. The molecule has 1 fully saturated rings. The van der Waals surface area contributed by atoms with Crippen molar-refractivity contribution in [1.29, 1.82) is 0 Å². The first-order valence-electron chi connectivity index (χ1n) is 9.12. The maximum absolute atomic E-state index is 12.9. The average molecular weight is 376 g/mol. The third-order valence-electron chi connectivity index (χ3n) is 5.12. The largest absolute Gasteiger partial charge is 0.325 e. The van der Waals surface area contributed by atoms with Crippen LogP contribution in [0.15, 0.2) is 65.8 Å². The Hall–Kier alpha value is -3.48. The summed E-state index contributed by atoms with van der Waals surface area (Å²) in [5, 5.41) is 8.42. The molecule has 0 bridgehead atoms. The summed E-state index contributed by atoms with van der Waals surface area (Å²) in [5.74, 6) is -0.824. The van der Waals surface area contributed by atoms with Crippen LogP contribution in [0.4, 0.5) is 4.79 Å². The number of hydrazone groups is 1. The van der Waals surface area contributed by atoms with E-state index in [-0.39, 0.29) is 12.5 Å². The van der Waals surface area contributed by atoms with Gasteiger partial charge in [0, 0.05) is 6.42 Å². The van der Waals surface area contributed by atoms with Crippen molar-refractivity contribution in [2.24, 2.45) is 5.10 Å². The highest BCUT2D eigenvalue weighted by Crippen LogP contribution is 2.28. The molecule has 1 saturated heterocycles. The number of urea groups is 1. The Morgan fingerprint density at radius 3 is 2.39 bits per heavy atom. The standard InChI is InChI=1S/C21H20N4O3/c1-21(16-10-6-3-7-11-16)19(27)24(20(28)22-21)14-18(26)25-13-12-17(23-25)15-8-4-2-5-9-15/h2-11H,12-14H2,1H3,(H,22,28). The Morgan fingerprint density at radius 2 is 1.71 bits per heavy atom. The molecule has 2 heterocycles. The lowest BCUT2D eigenvalue weighted by Gasteiger charge is -2.22. The molecule has 142 valence electrons. The van der Waals surface area contributed by atoms with Crippen LogP contribution in [-0.4, -0.2) is 46.6 Å². The van der Waals surface area contributed by atoms with Gasteiger partial charge in [0.15, 0.2) is 0 Å². The smallest absolute Gasteiger partial charge is 0.319 e. The Bertz CT molecular complexity index is 958. The number of carbonyl (C=O) groups excluding carboxylic acids is 3. The lowest BCUT2D eigenvalue weighted by molar-refractivity contribution is -0.138. The Kier molecular flexibility index (Phi) is 4.43. The molecule has 2 aromatic rings. The molecule has 1 unspecified atom stereocenters. The number of hydrogen-bond acceptors (Lipinski definition) is 4. The van der Waals surface area contributed by atoms with Crippen LogP contribution in [0.5, 0.6) is 0 Å². The molecule has 7 nitrogen and oxygen atoms in total. The Labute approximate surface area is 162 Å². The summed E-state index contributed by atoms with van der Waals surface area (Å²) in [6.45, 7) is 1.75. The summed E-state index contributed by atoms with van der Waals surface area (Å²) in [4.78, 5) is 38.9. The van der Waals surface area contributed by atoms with Gasteiger partial charge in [0.25, 0.3) is 11.8 Å². The topological polar surface area (TPSA) is 82.1 Å². The van der Waals surface area contributed by atoms with Crippen molar-refractivity contribution in [1.82, 2.24) is 15.2 Å². The number of rotatable bonds is 4.